The van der Waals surface area contributed by atoms with Crippen LogP contribution in [0.15, 0.2) is 18.2 Å². The van der Waals surface area contributed by atoms with Gasteiger partial charge in [-0.15, -0.1) is 0 Å². The van der Waals surface area contributed by atoms with E-state index in [1.165, 1.54) is 39.2 Å². The van der Waals surface area contributed by atoms with Crippen molar-refractivity contribution < 1.29 is 49.3 Å². The molecule has 5 atom stereocenters. The number of hydrogen-bond donors (Lipinski definition) is 5. The predicted molar refractivity (Wildman–Crippen MR) is 107 cm³/mol. The van der Waals surface area contributed by atoms with Gasteiger partial charge in [-0.2, -0.15) is 0 Å². The molecule has 1 fully saturated rings. The second kappa shape index (κ2) is 7.75. The van der Waals surface area contributed by atoms with Crippen LogP contribution in [0.25, 0.3) is 0 Å². The van der Waals surface area contributed by atoms with Crippen molar-refractivity contribution >= 4 is 11.6 Å². The smallest absolute Gasteiger partial charge is 0.229 e. The van der Waals surface area contributed by atoms with Crippen molar-refractivity contribution in [2.24, 2.45) is 0 Å². The normalized spacial score (nSPS) is 27.0. The molecule has 5 unspecified atom stereocenters. The summed E-state index contributed by atoms with van der Waals surface area (Å²) in [6.07, 6.45) is -6.80. The highest BCUT2D eigenvalue weighted by molar-refractivity contribution is 6.31. The summed E-state index contributed by atoms with van der Waals surface area (Å²) in [6.45, 7) is 2.91. The molecule has 0 spiro atoms. The van der Waals surface area contributed by atoms with Gasteiger partial charge < -0.3 is 39.7 Å². The van der Waals surface area contributed by atoms with Gasteiger partial charge in [0.1, 0.15) is 41.3 Å². The Balaban J connectivity index is 1.80. The first-order valence-electron chi connectivity index (χ1n) is 9.80. The largest absolute Gasteiger partial charge is 0.507 e. The number of carbonyl (C=O) groups excluding carboxylic acids is 2. The molecule has 2 aromatic rings. The van der Waals surface area contributed by atoms with Gasteiger partial charge in [-0.05, 0) is 32.0 Å². The standard InChI is InChI=1S/C22H22O10/c1-7-12(32-22-21(29)20(28)17(25)8(2)31-22)6-9-13(16(7)24)19(27)15-11(30-3)5-4-10(23)14(15)18(9)26/h4-6,8,17,20-25,28-29H,1-3H3. The lowest BCUT2D eigenvalue weighted by molar-refractivity contribution is -0.268. The minimum absolute atomic E-state index is 0.0689. The number of phenols is 2. The van der Waals surface area contributed by atoms with Crippen molar-refractivity contribution in [3.63, 3.8) is 0 Å². The minimum atomic E-state index is -1.62. The van der Waals surface area contributed by atoms with Crippen LogP contribution in [-0.4, -0.2) is 74.9 Å². The van der Waals surface area contributed by atoms with E-state index in [4.69, 9.17) is 14.2 Å². The number of fused-ring (bicyclic) bond motifs is 2. The fourth-order valence-electron chi connectivity index (χ4n) is 3.97. The molecule has 5 N–H and O–H groups in total. The Bertz CT molecular complexity index is 1120. The number of benzene rings is 2. The molecule has 10 heteroatoms. The van der Waals surface area contributed by atoms with E-state index < -0.39 is 53.8 Å². The number of carbonyl (C=O) groups is 2. The molecule has 1 saturated heterocycles. The Kier molecular flexibility index (Phi) is 5.33. The summed E-state index contributed by atoms with van der Waals surface area (Å²) in [5.41, 5.74) is -0.840. The van der Waals surface area contributed by atoms with E-state index in [2.05, 4.69) is 0 Å². The highest BCUT2D eigenvalue weighted by atomic mass is 16.7. The monoisotopic (exact) mass is 446 g/mol. The van der Waals surface area contributed by atoms with E-state index in [-0.39, 0.29) is 39.3 Å². The van der Waals surface area contributed by atoms with Gasteiger partial charge in [0.05, 0.1) is 29.9 Å². The number of phenolic OH excluding ortho intramolecular Hbond substituents is 2. The number of aliphatic hydroxyl groups is 3. The molecule has 0 radical (unpaired) electrons. The molecule has 10 nitrogen and oxygen atoms in total. The van der Waals surface area contributed by atoms with E-state index in [0.29, 0.717) is 0 Å². The number of rotatable bonds is 3. The molecule has 0 saturated carbocycles. The Labute approximate surface area is 182 Å². The predicted octanol–water partition coefficient (Wildman–Crippen LogP) is 0.397. The van der Waals surface area contributed by atoms with Crippen LogP contribution < -0.4 is 9.47 Å². The Morgan fingerprint density at radius 1 is 0.906 bits per heavy atom. The first-order chi connectivity index (χ1) is 15.1. The average molecular weight is 446 g/mol. The molecule has 2 aliphatic rings. The number of methoxy groups -OCH3 is 1. The summed E-state index contributed by atoms with van der Waals surface area (Å²) < 4.78 is 16.2. The van der Waals surface area contributed by atoms with E-state index >= 15 is 0 Å². The summed E-state index contributed by atoms with van der Waals surface area (Å²) in [7, 11) is 1.31. The molecule has 1 aliphatic carbocycles. The van der Waals surface area contributed by atoms with Crippen LogP contribution in [0, 0.1) is 6.92 Å². The van der Waals surface area contributed by atoms with E-state index in [1.807, 2.05) is 0 Å². The molecule has 32 heavy (non-hydrogen) atoms. The quantitative estimate of drug-likeness (QED) is 0.380. The van der Waals surface area contributed by atoms with Crippen molar-refractivity contribution in [3.05, 3.63) is 46.0 Å². The van der Waals surface area contributed by atoms with Gasteiger partial charge in [0.25, 0.3) is 0 Å². The van der Waals surface area contributed by atoms with E-state index in [9.17, 15) is 35.1 Å². The third kappa shape index (κ3) is 3.11. The van der Waals surface area contributed by atoms with Crippen LogP contribution >= 0.6 is 0 Å². The minimum Gasteiger partial charge on any atom is -0.507 e. The van der Waals surface area contributed by atoms with Crippen LogP contribution in [0.4, 0.5) is 0 Å². The maximum absolute atomic E-state index is 13.2. The fraction of sp³-hybridized carbons (Fsp3) is 0.364. The van der Waals surface area contributed by atoms with Gasteiger partial charge in [0.15, 0.2) is 5.78 Å². The molecule has 4 rings (SSSR count). The van der Waals surface area contributed by atoms with E-state index in [1.54, 1.807) is 0 Å². The molecular formula is C22H22O10. The molecule has 170 valence electrons. The number of ether oxygens (including phenoxy) is 3. The first kappa shape index (κ1) is 22.0. The molecule has 2 aromatic carbocycles. The highest BCUT2D eigenvalue weighted by Gasteiger charge is 2.44. The Morgan fingerprint density at radius 2 is 1.59 bits per heavy atom. The first-order valence-corrected chi connectivity index (χ1v) is 9.80. The maximum Gasteiger partial charge on any atom is 0.229 e. The zero-order valence-corrected chi connectivity index (χ0v) is 17.4. The fourth-order valence-corrected chi connectivity index (χ4v) is 3.97. The number of hydrogen-bond acceptors (Lipinski definition) is 10. The summed E-state index contributed by atoms with van der Waals surface area (Å²) in [6, 6.07) is 3.76. The maximum atomic E-state index is 13.2. The van der Waals surface area contributed by atoms with Crippen molar-refractivity contribution in [2.45, 2.75) is 44.6 Å². The van der Waals surface area contributed by atoms with Crippen molar-refractivity contribution in [1.82, 2.24) is 0 Å². The zero-order chi connectivity index (χ0) is 23.5. The lowest BCUT2D eigenvalue weighted by Gasteiger charge is -2.39. The third-order valence-electron chi connectivity index (χ3n) is 5.85. The SMILES string of the molecule is COc1ccc(O)c2c1C(=O)c1c(cc(OC3OC(C)C(O)C(O)C3O)c(C)c1O)C2=O. The number of aromatic hydroxyl groups is 2. The van der Waals surface area contributed by atoms with Crippen LogP contribution in [-0.2, 0) is 4.74 Å². The van der Waals surface area contributed by atoms with Crippen LogP contribution in [0.1, 0.15) is 44.3 Å². The number of ketones is 2. The number of aliphatic hydroxyl groups excluding tert-OH is 3. The molecule has 1 heterocycles. The Morgan fingerprint density at radius 3 is 2.25 bits per heavy atom. The van der Waals surface area contributed by atoms with Crippen molar-refractivity contribution in [2.75, 3.05) is 7.11 Å². The van der Waals surface area contributed by atoms with Gasteiger partial charge >= 0.3 is 0 Å². The lowest BCUT2D eigenvalue weighted by atomic mass is 9.81. The van der Waals surface area contributed by atoms with Gasteiger partial charge in [0.2, 0.25) is 12.1 Å². The van der Waals surface area contributed by atoms with Gasteiger partial charge in [0, 0.05) is 11.1 Å². The summed E-state index contributed by atoms with van der Waals surface area (Å²) >= 11 is 0. The van der Waals surface area contributed by atoms with Crippen molar-refractivity contribution in [3.8, 4) is 23.0 Å². The topological polar surface area (TPSA) is 163 Å². The van der Waals surface area contributed by atoms with Crippen LogP contribution in [0.3, 0.4) is 0 Å². The van der Waals surface area contributed by atoms with E-state index in [0.717, 1.165) is 0 Å². The van der Waals surface area contributed by atoms with Crippen molar-refractivity contribution in [1.29, 1.82) is 0 Å². The summed E-state index contributed by atoms with van der Waals surface area (Å²) in [5, 5.41) is 51.0. The zero-order valence-electron chi connectivity index (χ0n) is 17.4. The highest BCUT2D eigenvalue weighted by Crippen LogP contribution is 2.44. The second-order valence-corrected chi connectivity index (χ2v) is 7.77. The van der Waals surface area contributed by atoms with Crippen LogP contribution in [0.5, 0.6) is 23.0 Å². The van der Waals surface area contributed by atoms with Gasteiger partial charge in [-0.25, -0.2) is 0 Å². The molecule has 0 aromatic heterocycles. The second-order valence-electron chi connectivity index (χ2n) is 7.77. The van der Waals surface area contributed by atoms with Gasteiger partial charge in [-0.3, -0.25) is 9.59 Å². The average Bonchev–Trinajstić information content (AvgIpc) is 2.77. The Hall–Kier alpha value is -3.18. The van der Waals surface area contributed by atoms with Crippen LogP contribution in [0.2, 0.25) is 0 Å². The van der Waals surface area contributed by atoms with Gasteiger partial charge in [-0.1, -0.05) is 0 Å². The molecular weight excluding hydrogens is 424 g/mol. The summed E-state index contributed by atoms with van der Waals surface area (Å²) in [4.78, 5) is 26.3. The molecule has 1 aliphatic heterocycles. The molecule has 0 amide bonds. The molecule has 0 bridgehead atoms. The third-order valence-corrected chi connectivity index (χ3v) is 5.85. The lowest BCUT2D eigenvalue weighted by Crippen LogP contribution is -2.58. The summed E-state index contributed by atoms with van der Waals surface area (Å²) in [5.74, 6) is -2.42.